The average molecular weight is 479 g/mol. The third-order valence-electron chi connectivity index (χ3n) is 5.83. The van der Waals surface area contributed by atoms with Gasteiger partial charge < -0.3 is 24.4 Å². The number of carbonyl (C=O) groups excluding carboxylic acids is 2. The lowest BCUT2D eigenvalue weighted by molar-refractivity contribution is -0.0551. The van der Waals surface area contributed by atoms with Crippen LogP contribution >= 0.6 is 0 Å². The third-order valence-corrected chi connectivity index (χ3v) is 7.54. The van der Waals surface area contributed by atoms with Gasteiger partial charge in [0.05, 0.1) is 24.9 Å². The Kier molecular flexibility index (Phi) is 10.7. The van der Waals surface area contributed by atoms with Crippen molar-refractivity contribution >= 4 is 20.3 Å². The Balaban J connectivity index is 1.93. The van der Waals surface area contributed by atoms with E-state index in [9.17, 15) is 9.59 Å². The van der Waals surface area contributed by atoms with Gasteiger partial charge in [0, 0.05) is 21.7 Å². The number of nitrogens with one attached hydrogen (secondary N) is 1. The van der Waals surface area contributed by atoms with Gasteiger partial charge in [-0.2, -0.15) is 0 Å². The highest BCUT2D eigenvalue weighted by Crippen LogP contribution is 2.28. The van der Waals surface area contributed by atoms with E-state index in [2.05, 4.69) is 38.8 Å². The molecule has 4 atom stereocenters. The maximum absolute atomic E-state index is 12.5. The van der Waals surface area contributed by atoms with E-state index in [0.29, 0.717) is 19.1 Å². The summed E-state index contributed by atoms with van der Waals surface area (Å²) < 4.78 is 16.8. The van der Waals surface area contributed by atoms with Gasteiger partial charge in [-0.3, -0.25) is 0 Å². The molecule has 7 nitrogen and oxygen atoms in total. The van der Waals surface area contributed by atoms with E-state index in [4.69, 9.17) is 14.2 Å². The number of hydrogen-bond acceptors (Lipinski definition) is 5. The summed E-state index contributed by atoms with van der Waals surface area (Å²) in [4.78, 5) is 26.6. The van der Waals surface area contributed by atoms with Gasteiger partial charge in [-0.1, -0.05) is 50.0 Å². The standard InChI is InChI=1S/C25H42N2O5Si/c1-19-14-22(15-20(2)32-19)16-23(17-27(3)25(29)30-12-13-33(4,5)6)26-24(28)31-18-21-10-8-7-9-11-21/h7-11,19-20,22-23H,12-18H2,1-6H3,(H,26,28)/t19-,20+,22?,23?. The van der Waals surface area contributed by atoms with E-state index < -0.39 is 14.2 Å². The lowest BCUT2D eigenvalue weighted by Gasteiger charge is -2.35. The van der Waals surface area contributed by atoms with Crippen LogP contribution in [0.3, 0.4) is 0 Å². The number of hydrogen-bond donors (Lipinski definition) is 1. The molecule has 0 spiro atoms. The van der Waals surface area contributed by atoms with Crippen molar-refractivity contribution in [2.24, 2.45) is 5.92 Å². The Bertz CT molecular complexity index is 730. The Morgan fingerprint density at radius 3 is 2.36 bits per heavy atom. The van der Waals surface area contributed by atoms with Gasteiger partial charge >= 0.3 is 12.2 Å². The van der Waals surface area contributed by atoms with Gasteiger partial charge in [-0.25, -0.2) is 9.59 Å². The molecule has 1 fully saturated rings. The summed E-state index contributed by atoms with van der Waals surface area (Å²) in [6, 6.07) is 10.3. The highest BCUT2D eigenvalue weighted by atomic mass is 28.3. The summed E-state index contributed by atoms with van der Waals surface area (Å²) in [5, 5.41) is 2.99. The van der Waals surface area contributed by atoms with Crippen LogP contribution in [0, 0.1) is 5.92 Å². The number of rotatable bonds is 10. The molecule has 186 valence electrons. The Hall–Kier alpha value is -2.06. The van der Waals surface area contributed by atoms with E-state index in [-0.39, 0.29) is 30.9 Å². The fourth-order valence-corrected chi connectivity index (χ4v) is 4.92. The zero-order chi connectivity index (χ0) is 24.4. The van der Waals surface area contributed by atoms with Gasteiger partial charge in [-0.05, 0) is 50.6 Å². The Labute approximate surface area is 200 Å². The van der Waals surface area contributed by atoms with E-state index >= 15 is 0 Å². The molecule has 0 saturated carbocycles. The summed E-state index contributed by atoms with van der Waals surface area (Å²) in [5.41, 5.74) is 0.930. The molecule has 0 aromatic heterocycles. The van der Waals surface area contributed by atoms with E-state index in [1.165, 1.54) is 0 Å². The second-order valence-electron chi connectivity index (χ2n) is 10.5. The predicted molar refractivity (Wildman–Crippen MR) is 133 cm³/mol. The number of likely N-dealkylation sites (N-methyl/N-ethyl adjacent to an activating group) is 1. The second-order valence-corrected chi connectivity index (χ2v) is 16.2. The highest BCUT2D eigenvalue weighted by Gasteiger charge is 2.29. The van der Waals surface area contributed by atoms with Crippen LogP contribution in [0.15, 0.2) is 30.3 Å². The van der Waals surface area contributed by atoms with Crippen molar-refractivity contribution in [1.82, 2.24) is 10.2 Å². The van der Waals surface area contributed by atoms with Crippen molar-refractivity contribution < 1.29 is 23.8 Å². The number of ether oxygens (including phenoxy) is 3. The minimum Gasteiger partial charge on any atom is -0.450 e. The molecule has 1 saturated heterocycles. The first-order chi connectivity index (χ1) is 15.5. The third kappa shape index (κ3) is 11.1. The normalized spacial score (nSPS) is 21.7. The molecule has 1 N–H and O–H groups in total. The van der Waals surface area contributed by atoms with E-state index in [1.54, 1.807) is 11.9 Å². The fraction of sp³-hybridized carbons (Fsp3) is 0.680. The SMILES string of the molecule is C[C@@H]1CC(CC(CN(C)C(=O)OCC[Si](C)(C)C)NC(=O)OCc2ccccc2)C[C@H](C)O1. The fourth-order valence-electron chi connectivity index (χ4n) is 4.21. The minimum absolute atomic E-state index is 0.189. The average Bonchev–Trinajstić information content (AvgIpc) is 2.71. The number of nitrogens with zero attached hydrogens (tertiary/aromatic N) is 1. The van der Waals surface area contributed by atoms with E-state index in [1.807, 2.05) is 30.3 Å². The van der Waals surface area contributed by atoms with Gasteiger partial charge in [0.2, 0.25) is 0 Å². The van der Waals surface area contributed by atoms with Crippen molar-refractivity contribution in [2.45, 2.75) is 83.7 Å². The first-order valence-corrected chi connectivity index (χ1v) is 15.7. The summed E-state index contributed by atoms with van der Waals surface area (Å²) in [5.74, 6) is 0.402. The van der Waals surface area contributed by atoms with Gasteiger partial charge in [0.25, 0.3) is 0 Å². The molecule has 1 aliphatic heterocycles. The first kappa shape index (κ1) is 27.2. The topological polar surface area (TPSA) is 77.1 Å². The van der Waals surface area contributed by atoms with Crippen molar-refractivity contribution in [2.75, 3.05) is 20.2 Å². The number of alkyl carbamates (subject to hydrolysis) is 1. The Morgan fingerprint density at radius 1 is 1.12 bits per heavy atom. The number of benzene rings is 1. The Morgan fingerprint density at radius 2 is 1.76 bits per heavy atom. The van der Waals surface area contributed by atoms with Crippen LogP contribution in [-0.2, 0) is 20.8 Å². The molecule has 0 aliphatic carbocycles. The molecular formula is C25H42N2O5Si. The summed E-state index contributed by atoms with van der Waals surface area (Å²) in [7, 11) is 0.445. The van der Waals surface area contributed by atoms with Crippen LogP contribution in [0.2, 0.25) is 25.7 Å². The molecule has 2 rings (SSSR count). The molecule has 2 amide bonds. The molecule has 8 heteroatoms. The molecule has 1 aromatic carbocycles. The number of amides is 2. The molecule has 2 unspecified atom stereocenters. The van der Waals surface area contributed by atoms with Crippen LogP contribution < -0.4 is 5.32 Å². The molecule has 33 heavy (non-hydrogen) atoms. The largest absolute Gasteiger partial charge is 0.450 e. The van der Waals surface area contributed by atoms with Crippen LogP contribution in [-0.4, -0.2) is 63.6 Å². The van der Waals surface area contributed by atoms with Crippen LogP contribution in [0.5, 0.6) is 0 Å². The lowest BCUT2D eigenvalue weighted by atomic mass is 9.87. The highest BCUT2D eigenvalue weighted by molar-refractivity contribution is 6.76. The van der Waals surface area contributed by atoms with Crippen molar-refractivity contribution in [1.29, 1.82) is 0 Å². The van der Waals surface area contributed by atoms with Crippen molar-refractivity contribution in [3.8, 4) is 0 Å². The zero-order valence-corrected chi connectivity index (χ0v) is 22.1. The predicted octanol–water partition coefficient (Wildman–Crippen LogP) is 5.28. The van der Waals surface area contributed by atoms with E-state index in [0.717, 1.165) is 30.9 Å². The van der Waals surface area contributed by atoms with Crippen LogP contribution in [0.4, 0.5) is 9.59 Å². The number of carbonyl (C=O) groups is 2. The van der Waals surface area contributed by atoms with Crippen LogP contribution in [0.25, 0.3) is 0 Å². The molecular weight excluding hydrogens is 436 g/mol. The zero-order valence-electron chi connectivity index (χ0n) is 21.1. The van der Waals surface area contributed by atoms with Gasteiger partial charge in [0.1, 0.15) is 6.61 Å². The van der Waals surface area contributed by atoms with Crippen LogP contribution in [0.1, 0.15) is 38.7 Å². The van der Waals surface area contributed by atoms with Crippen molar-refractivity contribution in [3.05, 3.63) is 35.9 Å². The first-order valence-electron chi connectivity index (χ1n) is 12.0. The maximum atomic E-state index is 12.5. The molecule has 1 heterocycles. The summed E-state index contributed by atoms with van der Waals surface area (Å²) in [6.45, 7) is 11.9. The lowest BCUT2D eigenvalue weighted by Crippen LogP contribution is -2.46. The molecule has 0 bridgehead atoms. The second kappa shape index (κ2) is 13.0. The summed E-state index contributed by atoms with van der Waals surface area (Å²) >= 11 is 0. The van der Waals surface area contributed by atoms with Gasteiger partial charge in [0.15, 0.2) is 0 Å². The van der Waals surface area contributed by atoms with Crippen molar-refractivity contribution in [3.63, 3.8) is 0 Å². The monoisotopic (exact) mass is 478 g/mol. The van der Waals surface area contributed by atoms with Gasteiger partial charge in [-0.15, -0.1) is 0 Å². The molecule has 0 radical (unpaired) electrons. The minimum atomic E-state index is -1.27. The maximum Gasteiger partial charge on any atom is 0.409 e. The molecule has 1 aliphatic rings. The smallest absolute Gasteiger partial charge is 0.409 e. The quantitative estimate of drug-likeness (QED) is 0.463. The molecule has 1 aromatic rings. The summed E-state index contributed by atoms with van der Waals surface area (Å²) in [6.07, 6.45) is 2.18.